The second kappa shape index (κ2) is 10.9. The number of benzene rings is 2. The zero-order valence-electron chi connectivity index (χ0n) is 21.5. The SMILES string of the molecule is CCc1nc2cccc(C#Cc3cnn(C)c3)c2cc1-c1ccccc1.NC(=O)c1c(N)ncn2ccnc12. The molecule has 39 heavy (non-hydrogen) atoms. The molecule has 0 saturated heterocycles. The van der Waals surface area contributed by atoms with E-state index in [4.69, 9.17) is 16.5 Å². The van der Waals surface area contributed by atoms with E-state index in [0.717, 1.165) is 34.1 Å². The van der Waals surface area contributed by atoms with Crippen LogP contribution < -0.4 is 11.5 Å². The minimum absolute atomic E-state index is 0.103. The van der Waals surface area contributed by atoms with Crippen molar-refractivity contribution in [2.24, 2.45) is 12.8 Å². The molecule has 0 radical (unpaired) electrons. The lowest BCUT2D eigenvalue weighted by molar-refractivity contribution is 0.100. The zero-order chi connectivity index (χ0) is 27.4. The number of nitrogens with zero attached hydrogens (tertiary/aromatic N) is 6. The fourth-order valence-corrected chi connectivity index (χ4v) is 4.25. The highest BCUT2D eigenvalue weighted by Crippen LogP contribution is 2.28. The van der Waals surface area contributed by atoms with Crippen molar-refractivity contribution in [2.75, 3.05) is 5.73 Å². The molecule has 0 aliphatic rings. The van der Waals surface area contributed by atoms with Gasteiger partial charge in [-0.15, -0.1) is 0 Å². The maximum Gasteiger partial charge on any atom is 0.256 e. The third-order valence-corrected chi connectivity index (χ3v) is 6.12. The Labute approximate surface area is 225 Å². The Hall–Kier alpha value is -5.49. The quantitative estimate of drug-likeness (QED) is 0.343. The number of hydrogen-bond donors (Lipinski definition) is 2. The van der Waals surface area contributed by atoms with Crippen molar-refractivity contribution in [3.63, 3.8) is 0 Å². The zero-order valence-corrected chi connectivity index (χ0v) is 21.5. The number of amides is 1. The fourth-order valence-electron chi connectivity index (χ4n) is 4.25. The van der Waals surface area contributed by atoms with E-state index < -0.39 is 5.91 Å². The van der Waals surface area contributed by atoms with E-state index in [1.165, 1.54) is 17.5 Å². The Morgan fingerprint density at radius 2 is 1.87 bits per heavy atom. The van der Waals surface area contributed by atoms with Gasteiger partial charge in [0.1, 0.15) is 17.7 Å². The van der Waals surface area contributed by atoms with E-state index >= 15 is 0 Å². The van der Waals surface area contributed by atoms with Crippen LogP contribution in [-0.2, 0) is 13.5 Å². The van der Waals surface area contributed by atoms with Crippen molar-refractivity contribution in [1.29, 1.82) is 0 Å². The molecule has 192 valence electrons. The number of fused-ring (bicyclic) bond motifs is 2. The first kappa shape index (κ1) is 25.2. The molecule has 4 aromatic heterocycles. The van der Waals surface area contributed by atoms with E-state index in [2.05, 4.69) is 70.2 Å². The van der Waals surface area contributed by atoms with Gasteiger partial charge in [-0.05, 0) is 30.2 Å². The molecule has 0 atom stereocenters. The van der Waals surface area contributed by atoms with E-state index in [0.29, 0.717) is 5.65 Å². The molecule has 9 heteroatoms. The first-order valence-corrected chi connectivity index (χ1v) is 12.3. The Bertz CT molecular complexity index is 1860. The number of imidazole rings is 1. The van der Waals surface area contributed by atoms with Gasteiger partial charge in [0.25, 0.3) is 5.91 Å². The van der Waals surface area contributed by atoms with Crippen molar-refractivity contribution in [3.05, 3.63) is 108 Å². The summed E-state index contributed by atoms with van der Waals surface area (Å²) in [5.74, 6) is 5.97. The van der Waals surface area contributed by atoms with Crippen molar-refractivity contribution in [1.82, 2.24) is 29.1 Å². The van der Waals surface area contributed by atoms with Crippen LogP contribution in [0.1, 0.15) is 34.1 Å². The number of nitrogen functional groups attached to an aromatic ring is 1. The summed E-state index contributed by atoms with van der Waals surface area (Å²) < 4.78 is 3.34. The van der Waals surface area contributed by atoms with Gasteiger partial charge in [0.15, 0.2) is 5.65 Å². The molecule has 0 aliphatic heterocycles. The van der Waals surface area contributed by atoms with Crippen molar-refractivity contribution in [3.8, 4) is 23.0 Å². The number of primary amides is 1. The van der Waals surface area contributed by atoms with Crippen LogP contribution in [0.5, 0.6) is 0 Å². The van der Waals surface area contributed by atoms with Gasteiger partial charge in [0.05, 0.1) is 17.3 Å². The smallest absolute Gasteiger partial charge is 0.256 e. The maximum atomic E-state index is 11.0. The molecule has 0 aliphatic carbocycles. The van der Waals surface area contributed by atoms with Gasteiger partial charge in [-0.25, -0.2) is 9.97 Å². The Morgan fingerprint density at radius 1 is 1.05 bits per heavy atom. The second-order valence-corrected chi connectivity index (χ2v) is 8.75. The molecule has 0 spiro atoms. The maximum absolute atomic E-state index is 11.0. The Morgan fingerprint density at radius 3 is 2.59 bits per heavy atom. The summed E-state index contributed by atoms with van der Waals surface area (Å²) in [6, 6.07) is 18.8. The third-order valence-electron chi connectivity index (χ3n) is 6.12. The van der Waals surface area contributed by atoms with Gasteiger partial charge in [0, 0.05) is 47.8 Å². The summed E-state index contributed by atoms with van der Waals surface area (Å²) >= 11 is 0. The minimum Gasteiger partial charge on any atom is -0.383 e. The summed E-state index contributed by atoms with van der Waals surface area (Å²) in [6.45, 7) is 2.15. The number of rotatable bonds is 3. The van der Waals surface area contributed by atoms with Gasteiger partial charge in [-0.2, -0.15) is 5.10 Å². The van der Waals surface area contributed by atoms with Crippen molar-refractivity contribution >= 4 is 28.3 Å². The van der Waals surface area contributed by atoms with Gasteiger partial charge >= 0.3 is 0 Å². The van der Waals surface area contributed by atoms with Crippen LogP contribution in [0.4, 0.5) is 5.82 Å². The predicted octanol–water partition coefficient (Wildman–Crippen LogP) is 4.01. The molecular formula is C30H26N8O. The van der Waals surface area contributed by atoms with Crippen LogP contribution in [0.15, 0.2) is 85.7 Å². The molecule has 0 unspecified atom stereocenters. The highest BCUT2D eigenvalue weighted by molar-refractivity contribution is 6.02. The fraction of sp³-hybridized carbons (Fsp3) is 0.100. The van der Waals surface area contributed by atoms with Crippen LogP contribution >= 0.6 is 0 Å². The summed E-state index contributed by atoms with van der Waals surface area (Å²) in [5, 5.41) is 5.25. The molecule has 0 fully saturated rings. The average molecular weight is 515 g/mol. The molecule has 4 N–H and O–H groups in total. The normalized spacial score (nSPS) is 10.5. The van der Waals surface area contributed by atoms with Crippen LogP contribution in [0, 0.1) is 11.8 Å². The molecule has 0 saturated carbocycles. The lowest BCUT2D eigenvalue weighted by Crippen LogP contribution is -2.16. The van der Waals surface area contributed by atoms with Gasteiger partial charge < -0.3 is 11.5 Å². The van der Waals surface area contributed by atoms with E-state index in [9.17, 15) is 4.79 Å². The molecule has 1 amide bonds. The minimum atomic E-state index is -0.623. The van der Waals surface area contributed by atoms with Crippen molar-refractivity contribution in [2.45, 2.75) is 13.3 Å². The van der Waals surface area contributed by atoms with Crippen LogP contribution in [-0.4, -0.2) is 35.0 Å². The number of nitrogens with two attached hydrogens (primary N) is 2. The van der Waals surface area contributed by atoms with E-state index in [1.807, 2.05) is 31.4 Å². The lowest BCUT2D eigenvalue weighted by atomic mass is 9.98. The number of carbonyl (C=O) groups is 1. The standard InChI is InChI=1S/C23H19N3.C7H7N5O/c1-3-22-20(18-8-5-4-6-9-18)14-21-19(10-7-11-23(21)25-22)13-12-17-15-24-26(2)16-17;8-5-4(6(9)13)7-10-1-2-12(7)3-11-5/h4-11,14-16H,3H2,1-2H3;1-3H,8H2,(H2,9,13). The van der Waals surface area contributed by atoms with E-state index in [1.54, 1.807) is 27.7 Å². The number of aromatic nitrogens is 6. The monoisotopic (exact) mass is 514 g/mol. The molecular weight excluding hydrogens is 488 g/mol. The highest BCUT2D eigenvalue weighted by atomic mass is 16.1. The first-order chi connectivity index (χ1) is 18.9. The summed E-state index contributed by atoms with van der Waals surface area (Å²) in [6.07, 6.45) is 9.27. The topological polar surface area (TPSA) is 130 Å². The third kappa shape index (κ3) is 5.31. The predicted molar refractivity (Wildman–Crippen MR) is 152 cm³/mol. The van der Waals surface area contributed by atoms with E-state index in [-0.39, 0.29) is 11.4 Å². The van der Waals surface area contributed by atoms with Crippen LogP contribution in [0.2, 0.25) is 0 Å². The molecule has 6 rings (SSSR count). The summed E-state index contributed by atoms with van der Waals surface area (Å²) in [7, 11) is 1.89. The number of aryl methyl sites for hydroxylation is 2. The number of anilines is 1. The average Bonchev–Trinajstić information content (AvgIpc) is 3.60. The first-order valence-electron chi connectivity index (χ1n) is 12.3. The van der Waals surface area contributed by atoms with Gasteiger partial charge in [-0.1, -0.05) is 55.2 Å². The summed E-state index contributed by atoms with van der Waals surface area (Å²) in [4.78, 5) is 23.6. The largest absolute Gasteiger partial charge is 0.383 e. The Kier molecular flexibility index (Phi) is 7.01. The lowest BCUT2D eigenvalue weighted by Gasteiger charge is -2.10. The second-order valence-electron chi connectivity index (χ2n) is 8.75. The molecule has 0 bridgehead atoms. The number of pyridine rings is 1. The molecule has 4 heterocycles. The van der Waals surface area contributed by atoms with Crippen LogP contribution in [0.25, 0.3) is 27.7 Å². The number of hydrogen-bond acceptors (Lipinski definition) is 6. The summed E-state index contributed by atoms with van der Waals surface area (Å²) in [5.41, 5.74) is 17.6. The van der Waals surface area contributed by atoms with Gasteiger partial charge in [0.2, 0.25) is 0 Å². The van der Waals surface area contributed by atoms with Crippen LogP contribution in [0.3, 0.4) is 0 Å². The number of carbonyl (C=O) groups excluding carboxylic acids is 1. The molecule has 6 aromatic rings. The molecule has 9 nitrogen and oxygen atoms in total. The Balaban J connectivity index is 0.000000198. The highest BCUT2D eigenvalue weighted by Gasteiger charge is 2.13. The van der Waals surface area contributed by atoms with Crippen molar-refractivity contribution < 1.29 is 4.79 Å². The van der Waals surface area contributed by atoms with Gasteiger partial charge in [-0.3, -0.25) is 18.9 Å². The molecule has 2 aromatic carbocycles.